The summed E-state index contributed by atoms with van der Waals surface area (Å²) in [6.07, 6.45) is 1.75. The van der Waals surface area contributed by atoms with Gasteiger partial charge in [-0.15, -0.1) is 11.3 Å². The van der Waals surface area contributed by atoms with Crippen LogP contribution in [0, 0.1) is 13.8 Å². The quantitative estimate of drug-likeness (QED) is 0.917. The first kappa shape index (κ1) is 15.6. The molecule has 1 atom stereocenters. The Morgan fingerprint density at radius 2 is 2.05 bits per heavy atom. The van der Waals surface area contributed by atoms with Crippen LogP contribution in [0.4, 0.5) is 11.4 Å². The molecule has 0 bridgehead atoms. The molecule has 0 aromatic carbocycles. The molecule has 0 radical (unpaired) electrons. The van der Waals surface area contributed by atoms with Crippen molar-refractivity contribution in [3.8, 4) is 5.88 Å². The Kier molecular flexibility index (Phi) is 4.67. The molecule has 2 rings (SSSR count). The smallest absolute Gasteiger partial charge is 0.239 e. The Morgan fingerprint density at radius 1 is 1.33 bits per heavy atom. The first-order valence-electron chi connectivity index (χ1n) is 6.84. The van der Waals surface area contributed by atoms with E-state index in [1.807, 2.05) is 32.0 Å². The minimum absolute atomic E-state index is 0.0896. The molecule has 6 heteroatoms. The van der Waals surface area contributed by atoms with Gasteiger partial charge in [-0.25, -0.2) is 9.97 Å². The van der Waals surface area contributed by atoms with Crippen LogP contribution in [-0.2, 0) is 0 Å². The fourth-order valence-electron chi connectivity index (χ4n) is 2.33. The summed E-state index contributed by atoms with van der Waals surface area (Å²) in [4.78, 5) is 12.2. The summed E-state index contributed by atoms with van der Waals surface area (Å²) in [6.45, 7) is 6.24. The Bertz CT molecular complexity index is 624. The van der Waals surface area contributed by atoms with Gasteiger partial charge in [0.15, 0.2) is 0 Å². The summed E-state index contributed by atoms with van der Waals surface area (Å²) >= 11 is 1.72. The lowest BCUT2D eigenvalue weighted by molar-refractivity contribution is 0.399. The van der Waals surface area contributed by atoms with E-state index in [4.69, 9.17) is 4.74 Å². The molecule has 0 fully saturated rings. The van der Waals surface area contributed by atoms with Crippen LogP contribution in [0.1, 0.15) is 28.5 Å². The molecule has 21 heavy (non-hydrogen) atoms. The molecule has 114 valence electrons. The third-order valence-corrected chi connectivity index (χ3v) is 4.18. The van der Waals surface area contributed by atoms with Gasteiger partial charge in [-0.2, -0.15) is 0 Å². The molecule has 2 aromatic rings. The zero-order valence-electron chi connectivity index (χ0n) is 13.4. The lowest BCUT2D eigenvalue weighted by atomic mass is 10.2. The summed E-state index contributed by atoms with van der Waals surface area (Å²) in [5.74, 6) is 0.595. The zero-order valence-corrected chi connectivity index (χ0v) is 14.2. The first-order chi connectivity index (χ1) is 9.93. The Labute approximate surface area is 130 Å². The van der Waals surface area contributed by atoms with E-state index in [9.17, 15) is 0 Å². The molecule has 0 spiro atoms. The van der Waals surface area contributed by atoms with Crippen molar-refractivity contribution in [1.29, 1.82) is 0 Å². The fraction of sp³-hybridized carbons (Fsp3) is 0.467. The Balaban J connectivity index is 2.36. The topological polar surface area (TPSA) is 50.3 Å². The van der Waals surface area contributed by atoms with Gasteiger partial charge >= 0.3 is 0 Å². The molecule has 0 aliphatic carbocycles. The van der Waals surface area contributed by atoms with Crippen molar-refractivity contribution >= 4 is 22.7 Å². The van der Waals surface area contributed by atoms with Crippen LogP contribution in [0.3, 0.4) is 0 Å². The highest BCUT2D eigenvalue weighted by Gasteiger charge is 2.18. The van der Waals surface area contributed by atoms with Crippen molar-refractivity contribution in [2.24, 2.45) is 0 Å². The molecule has 1 N–H and O–H groups in total. The second kappa shape index (κ2) is 6.30. The van der Waals surface area contributed by atoms with E-state index >= 15 is 0 Å². The molecule has 0 aliphatic rings. The maximum Gasteiger partial charge on any atom is 0.239 e. The number of rotatable bonds is 5. The summed E-state index contributed by atoms with van der Waals surface area (Å²) in [5.41, 5.74) is 3.01. The van der Waals surface area contributed by atoms with Crippen molar-refractivity contribution < 1.29 is 4.74 Å². The number of hydrogen-bond donors (Lipinski definition) is 1. The van der Waals surface area contributed by atoms with Crippen LogP contribution in [0.25, 0.3) is 0 Å². The van der Waals surface area contributed by atoms with E-state index in [1.165, 1.54) is 4.88 Å². The van der Waals surface area contributed by atoms with Crippen molar-refractivity contribution in [3.05, 3.63) is 27.8 Å². The highest BCUT2D eigenvalue weighted by molar-refractivity contribution is 7.11. The molecule has 0 aliphatic heterocycles. The Morgan fingerprint density at radius 3 is 2.57 bits per heavy atom. The average Bonchev–Trinajstić information content (AvgIpc) is 2.77. The first-order valence-corrected chi connectivity index (χ1v) is 7.66. The molecular weight excluding hydrogens is 284 g/mol. The van der Waals surface area contributed by atoms with Crippen molar-refractivity contribution in [1.82, 2.24) is 9.97 Å². The average molecular weight is 306 g/mol. The van der Waals surface area contributed by atoms with Gasteiger partial charge in [0.1, 0.15) is 5.69 Å². The number of methoxy groups -OCH3 is 1. The third kappa shape index (κ3) is 3.26. The maximum absolute atomic E-state index is 5.39. The van der Waals surface area contributed by atoms with Gasteiger partial charge in [-0.3, -0.25) is 0 Å². The molecule has 1 unspecified atom stereocenters. The highest BCUT2D eigenvalue weighted by atomic mass is 32.1. The molecule has 0 saturated heterocycles. The third-order valence-electron chi connectivity index (χ3n) is 3.28. The summed E-state index contributed by atoms with van der Waals surface area (Å²) < 4.78 is 5.39. The summed E-state index contributed by atoms with van der Waals surface area (Å²) in [5, 5.41) is 4.58. The van der Waals surface area contributed by atoms with Gasteiger partial charge in [0.05, 0.1) is 29.5 Å². The molecule has 5 nitrogen and oxygen atoms in total. The summed E-state index contributed by atoms with van der Waals surface area (Å²) in [6, 6.07) is 2.06. The number of aryl methyl sites for hydroxylation is 2. The number of hydrogen-bond acceptors (Lipinski definition) is 6. The minimum Gasteiger partial charge on any atom is -0.479 e. The SMILES string of the molecule is COc1nccc(N(C)C)c1NC(C)c1nc(C)sc1C. The number of thiazole rings is 1. The number of anilines is 2. The van der Waals surface area contributed by atoms with Crippen molar-refractivity contribution in [2.45, 2.75) is 26.8 Å². The van der Waals surface area contributed by atoms with E-state index in [-0.39, 0.29) is 6.04 Å². The maximum atomic E-state index is 5.39. The van der Waals surface area contributed by atoms with Crippen molar-refractivity contribution in [2.75, 3.05) is 31.4 Å². The number of nitrogens with zero attached hydrogens (tertiary/aromatic N) is 3. The van der Waals surface area contributed by atoms with Crippen LogP contribution in [0.2, 0.25) is 0 Å². The van der Waals surface area contributed by atoms with Gasteiger partial charge in [-0.05, 0) is 26.8 Å². The van der Waals surface area contributed by atoms with Gasteiger partial charge in [0, 0.05) is 25.2 Å². The van der Waals surface area contributed by atoms with E-state index in [0.717, 1.165) is 22.1 Å². The number of nitrogens with one attached hydrogen (secondary N) is 1. The molecular formula is C15H22N4OS. The molecule has 0 saturated carbocycles. The highest BCUT2D eigenvalue weighted by Crippen LogP contribution is 2.35. The monoisotopic (exact) mass is 306 g/mol. The van der Waals surface area contributed by atoms with Crippen molar-refractivity contribution in [3.63, 3.8) is 0 Å². The van der Waals surface area contributed by atoms with E-state index in [1.54, 1.807) is 24.6 Å². The van der Waals surface area contributed by atoms with Crippen LogP contribution in [-0.4, -0.2) is 31.2 Å². The van der Waals surface area contributed by atoms with Crippen LogP contribution >= 0.6 is 11.3 Å². The number of aromatic nitrogens is 2. The second-order valence-electron chi connectivity index (χ2n) is 5.15. The van der Waals surface area contributed by atoms with Crippen LogP contribution in [0.15, 0.2) is 12.3 Å². The summed E-state index contributed by atoms with van der Waals surface area (Å²) in [7, 11) is 5.64. The minimum atomic E-state index is 0.0896. The predicted molar refractivity (Wildman–Crippen MR) is 88.7 cm³/mol. The normalized spacial score (nSPS) is 12.1. The van der Waals surface area contributed by atoms with Gasteiger partial charge < -0.3 is 15.0 Å². The van der Waals surface area contributed by atoms with Gasteiger partial charge in [-0.1, -0.05) is 0 Å². The van der Waals surface area contributed by atoms with E-state index in [2.05, 4.69) is 29.1 Å². The van der Waals surface area contributed by atoms with Crippen LogP contribution < -0.4 is 15.0 Å². The molecule has 2 aromatic heterocycles. The second-order valence-corrected chi connectivity index (χ2v) is 6.56. The molecule has 0 amide bonds. The zero-order chi connectivity index (χ0) is 15.6. The lowest BCUT2D eigenvalue weighted by Gasteiger charge is -2.22. The van der Waals surface area contributed by atoms with E-state index in [0.29, 0.717) is 5.88 Å². The van der Waals surface area contributed by atoms with Crippen LogP contribution in [0.5, 0.6) is 5.88 Å². The standard InChI is InChI=1S/C15H22N4OS/c1-9(13-10(2)21-11(3)18-13)17-14-12(19(4)5)7-8-16-15(14)20-6/h7-9,17H,1-6H3. The largest absolute Gasteiger partial charge is 0.479 e. The fourth-order valence-corrected chi connectivity index (χ4v) is 3.24. The number of pyridine rings is 1. The predicted octanol–water partition coefficient (Wildman–Crippen LogP) is 3.40. The Hall–Kier alpha value is -1.82. The van der Waals surface area contributed by atoms with Gasteiger partial charge in [0.2, 0.25) is 5.88 Å². The van der Waals surface area contributed by atoms with Gasteiger partial charge in [0.25, 0.3) is 0 Å². The lowest BCUT2D eigenvalue weighted by Crippen LogP contribution is -2.16. The molecule has 2 heterocycles. The number of ether oxygens (including phenoxy) is 1. The van der Waals surface area contributed by atoms with E-state index < -0.39 is 0 Å².